The quantitative estimate of drug-likeness (QED) is 0.644. The van der Waals surface area contributed by atoms with Crippen molar-refractivity contribution in [3.05, 3.63) is 24.0 Å². The highest BCUT2D eigenvalue weighted by molar-refractivity contribution is 5.93. The molecule has 1 rings (SSSR count). The summed E-state index contributed by atoms with van der Waals surface area (Å²) in [6, 6.07) is 0.492. The monoisotopic (exact) mass is 208 g/mol. The van der Waals surface area contributed by atoms with Crippen molar-refractivity contribution < 1.29 is 4.79 Å². The number of carbonyl (C=O) groups excluding carboxylic acids is 1. The molecule has 3 heteroatoms. The van der Waals surface area contributed by atoms with Crippen LogP contribution < -0.4 is 0 Å². The molecule has 1 saturated heterocycles. The highest BCUT2D eigenvalue weighted by Crippen LogP contribution is 2.20. The molecule has 3 nitrogen and oxygen atoms in total. The molecular formula is C12H20N2O. The molecule has 0 aromatic rings. The minimum Gasteiger partial charge on any atom is -0.349 e. The molecule has 1 unspecified atom stereocenters. The number of likely N-dealkylation sites (N-methyl/N-ethyl adjacent to an activating group) is 1. The SMILES string of the molecule is C=CN1CC(C)N(C)C/C1=C(/C)C(C)=O. The molecule has 0 N–H and O–H groups in total. The van der Waals surface area contributed by atoms with Crippen LogP contribution in [0.2, 0.25) is 0 Å². The maximum absolute atomic E-state index is 11.4. The molecule has 1 fully saturated rings. The highest BCUT2D eigenvalue weighted by Gasteiger charge is 2.24. The molecule has 0 saturated carbocycles. The standard InChI is InChI=1S/C12H20N2O/c1-6-14-7-9(2)13(5)8-12(14)10(3)11(4)15/h6,9H,1,7-8H2,2-5H3/b12-10+. The van der Waals surface area contributed by atoms with Gasteiger partial charge < -0.3 is 4.90 Å². The fraction of sp³-hybridized carbons (Fsp3) is 0.583. The first-order valence-electron chi connectivity index (χ1n) is 5.27. The average Bonchev–Trinajstić information content (AvgIpc) is 2.20. The summed E-state index contributed by atoms with van der Waals surface area (Å²) in [6.07, 6.45) is 1.81. The molecule has 0 aromatic carbocycles. The summed E-state index contributed by atoms with van der Waals surface area (Å²) < 4.78 is 0. The number of piperazine rings is 1. The molecule has 0 aromatic heterocycles. The van der Waals surface area contributed by atoms with E-state index >= 15 is 0 Å². The first-order chi connectivity index (χ1) is 6.97. The Balaban J connectivity index is 3.00. The van der Waals surface area contributed by atoms with E-state index in [4.69, 9.17) is 0 Å². The summed E-state index contributed by atoms with van der Waals surface area (Å²) in [7, 11) is 2.08. The lowest BCUT2D eigenvalue weighted by Crippen LogP contribution is -2.47. The predicted octanol–water partition coefficient (Wildman–Crippen LogP) is 1.63. The van der Waals surface area contributed by atoms with Gasteiger partial charge in [0.25, 0.3) is 0 Å². The van der Waals surface area contributed by atoms with Gasteiger partial charge in [0.05, 0.1) is 0 Å². The number of carbonyl (C=O) groups is 1. The lowest BCUT2D eigenvalue weighted by molar-refractivity contribution is -0.113. The number of allylic oxidation sites excluding steroid dienone is 1. The van der Waals surface area contributed by atoms with E-state index in [1.165, 1.54) is 0 Å². The van der Waals surface area contributed by atoms with Gasteiger partial charge in [-0.25, -0.2) is 0 Å². The van der Waals surface area contributed by atoms with Crippen molar-refractivity contribution in [2.24, 2.45) is 0 Å². The van der Waals surface area contributed by atoms with Gasteiger partial charge in [-0.2, -0.15) is 0 Å². The third-order valence-corrected chi connectivity index (χ3v) is 3.14. The van der Waals surface area contributed by atoms with Gasteiger partial charge >= 0.3 is 0 Å². The molecule has 1 aliphatic heterocycles. The van der Waals surface area contributed by atoms with Gasteiger partial charge in [0, 0.05) is 30.4 Å². The van der Waals surface area contributed by atoms with Crippen molar-refractivity contribution in [3.63, 3.8) is 0 Å². The maximum Gasteiger partial charge on any atom is 0.157 e. The first-order valence-corrected chi connectivity index (χ1v) is 5.27. The second-order valence-corrected chi connectivity index (χ2v) is 4.23. The fourth-order valence-corrected chi connectivity index (χ4v) is 1.74. The number of hydrogen-bond donors (Lipinski definition) is 0. The minimum atomic E-state index is 0.139. The summed E-state index contributed by atoms with van der Waals surface area (Å²) in [6.45, 7) is 11.2. The largest absolute Gasteiger partial charge is 0.349 e. The minimum absolute atomic E-state index is 0.139. The Morgan fingerprint density at radius 3 is 2.60 bits per heavy atom. The smallest absolute Gasteiger partial charge is 0.157 e. The van der Waals surface area contributed by atoms with Crippen LogP contribution in [0.1, 0.15) is 20.8 Å². The lowest BCUT2D eigenvalue weighted by atomic mass is 10.1. The maximum atomic E-state index is 11.4. The third kappa shape index (κ3) is 2.48. The number of nitrogens with zero attached hydrogens (tertiary/aromatic N) is 2. The van der Waals surface area contributed by atoms with Crippen molar-refractivity contribution >= 4 is 5.78 Å². The van der Waals surface area contributed by atoms with Crippen LogP contribution >= 0.6 is 0 Å². The Kier molecular flexibility index (Phi) is 3.69. The second-order valence-electron chi connectivity index (χ2n) is 4.23. The van der Waals surface area contributed by atoms with Crippen molar-refractivity contribution in [1.29, 1.82) is 0 Å². The Hall–Kier alpha value is -1.09. The van der Waals surface area contributed by atoms with Crippen molar-refractivity contribution in [3.8, 4) is 0 Å². The molecule has 0 amide bonds. The van der Waals surface area contributed by atoms with Crippen LogP contribution in [0.4, 0.5) is 0 Å². The van der Waals surface area contributed by atoms with E-state index < -0.39 is 0 Å². The molecule has 1 aliphatic rings. The highest BCUT2D eigenvalue weighted by atomic mass is 16.1. The average molecular weight is 208 g/mol. The van der Waals surface area contributed by atoms with E-state index in [0.29, 0.717) is 6.04 Å². The van der Waals surface area contributed by atoms with Crippen LogP contribution in [0.15, 0.2) is 24.0 Å². The molecule has 15 heavy (non-hydrogen) atoms. The zero-order valence-corrected chi connectivity index (χ0v) is 10.1. The molecule has 0 bridgehead atoms. The molecule has 1 atom stereocenters. The van der Waals surface area contributed by atoms with Crippen LogP contribution in [0.3, 0.4) is 0 Å². The topological polar surface area (TPSA) is 23.6 Å². The second kappa shape index (κ2) is 4.62. The summed E-state index contributed by atoms with van der Waals surface area (Å²) in [5.41, 5.74) is 1.92. The zero-order valence-electron chi connectivity index (χ0n) is 10.1. The molecule has 0 spiro atoms. The molecule has 1 heterocycles. The van der Waals surface area contributed by atoms with Gasteiger partial charge in [0.15, 0.2) is 5.78 Å². The predicted molar refractivity (Wildman–Crippen MR) is 62.4 cm³/mol. The molecular weight excluding hydrogens is 188 g/mol. The van der Waals surface area contributed by atoms with Crippen LogP contribution in [0.5, 0.6) is 0 Å². The van der Waals surface area contributed by atoms with E-state index in [0.717, 1.165) is 24.4 Å². The Labute approximate surface area is 92.0 Å². The molecule has 84 valence electrons. The number of hydrogen-bond acceptors (Lipinski definition) is 3. The summed E-state index contributed by atoms with van der Waals surface area (Å²) >= 11 is 0. The van der Waals surface area contributed by atoms with Gasteiger partial charge in [-0.05, 0) is 34.0 Å². The van der Waals surface area contributed by atoms with Crippen molar-refractivity contribution in [1.82, 2.24) is 9.80 Å². The van der Waals surface area contributed by atoms with Crippen molar-refractivity contribution in [2.45, 2.75) is 26.8 Å². The van der Waals surface area contributed by atoms with E-state index in [-0.39, 0.29) is 5.78 Å². The Morgan fingerprint density at radius 2 is 2.13 bits per heavy atom. The van der Waals surface area contributed by atoms with Gasteiger partial charge in [0.2, 0.25) is 0 Å². The lowest BCUT2D eigenvalue weighted by Gasteiger charge is -2.39. The number of rotatable bonds is 2. The summed E-state index contributed by atoms with van der Waals surface area (Å²) in [4.78, 5) is 15.7. The number of ketones is 1. The number of Topliss-reactive ketones (excluding diaryl/α,β-unsaturated/α-hetero) is 1. The van der Waals surface area contributed by atoms with Crippen LogP contribution in [-0.2, 0) is 4.79 Å². The van der Waals surface area contributed by atoms with E-state index in [1.54, 1.807) is 6.92 Å². The third-order valence-electron chi connectivity index (χ3n) is 3.14. The van der Waals surface area contributed by atoms with Crippen LogP contribution in [0, 0.1) is 0 Å². The van der Waals surface area contributed by atoms with Gasteiger partial charge in [-0.15, -0.1) is 0 Å². The first kappa shape index (κ1) is 12.0. The zero-order chi connectivity index (χ0) is 11.6. The van der Waals surface area contributed by atoms with Gasteiger partial charge in [-0.1, -0.05) is 6.58 Å². The van der Waals surface area contributed by atoms with Crippen LogP contribution in [-0.4, -0.2) is 41.8 Å². The normalized spacial score (nSPS) is 26.4. The summed E-state index contributed by atoms with van der Waals surface area (Å²) in [5.74, 6) is 0.139. The molecule has 0 aliphatic carbocycles. The van der Waals surface area contributed by atoms with E-state index in [1.807, 2.05) is 13.1 Å². The van der Waals surface area contributed by atoms with E-state index in [9.17, 15) is 4.79 Å². The van der Waals surface area contributed by atoms with Crippen molar-refractivity contribution in [2.75, 3.05) is 20.1 Å². The Bertz CT molecular complexity index is 307. The summed E-state index contributed by atoms with van der Waals surface area (Å²) in [5, 5.41) is 0. The van der Waals surface area contributed by atoms with Gasteiger partial charge in [-0.3, -0.25) is 9.69 Å². The molecule has 0 radical (unpaired) electrons. The Morgan fingerprint density at radius 1 is 1.53 bits per heavy atom. The fourth-order valence-electron chi connectivity index (χ4n) is 1.74. The van der Waals surface area contributed by atoms with Crippen LogP contribution in [0.25, 0.3) is 0 Å². The van der Waals surface area contributed by atoms with E-state index in [2.05, 4.69) is 30.4 Å². The van der Waals surface area contributed by atoms with Gasteiger partial charge in [0.1, 0.15) is 0 Å².